The Bertz CT molecular complexity index is 756. The van der Waals surface area contributed by atoms with Crippen LogP contribution < -0.4 is 10.3 Å². The highest BCUT2D eigenvalue weighted by Crippen LogP contribution is 2.31. The first kappa shape index (κ1) is 15.5. The first-order chi connectivity index (χ1) is 10.6. The van der Waals surface area contributed by atoms with Crippen LogP contribution in [0.15, 0.2) is 39.1 Å². The Hall–Kier alpha value is -1.40. The number of aromatic nitrogens is 2. The molecule has 1 aromatic heterocycles. The van der Waals surface area contributed by atoms with Crippen LogP contribution in [0.2, 0.25) is 0 Å². The van der Waals surface area contributed by atoms with E-state index in [2.05, 4.69) is 13.8 Å². The second-order valence-electron chi connectivity index (χ2n) is 5.28. The van der Waals surface area contributed by atoms with E-state index in [0.29, 0.717) is 5.25 Å². The van der Waals surface area contributed by atoms with E-state index in [1.807, 2.05) is 24.3 Å². The molecule has 1 aliphatic heterocycles. The molecule has 0 bridgehead atoms. The molecule has 0 aliphatic carbocycles. The van der Waals surface area contributed by atoms with Gasteiger partial charge in [-0.1, -0.05) is 31.7 Å². The molecule has 2 aromatic rings. The van der Waals surface area contributed by atoms with Gasteiger partial charge in [-0.3, -0.25) is 9.36 Å². The quantitative estimate of drug-likeness (QED) is 0.633. The SMILES string of the molecule is COc1cccc(-n2c(SC(C)C)nc3c(c2=O)SCC3)c1. The van der Waals surface area contributed by atoms with E-state index >= 15 is 0 Å². The molecule has 2 heterocycles. The van der Waals surface area contributed by atoms with Gasteiger partial charge in [-0.2, -0.15) is 0 Å². The van der Waals surface area contributed by atoms with Crippen LogP contribution in [0.1, 0.15) is 19.5 Å². The summed E-state index contributed by atoms with van der Waals surface area (Å²) in [6, 6.07) is 7.56. The monoisotopic (exact) mass is 334 g/mol. The fourth-order valence-corrected chi connectivity index (χ4v) is 4.27. The summed E-state index contributed by atoms with van der Waals surface area (Å²) in [4.78, 5) is 18.4. The van der Waals surface area contributed by atoms with Crippen LogP contribution in [0.3, 0.4) is 0 Å². The number of fused-ring (bicyclic) bond motifs is 1. The maximum Gasteiger partial charge on any atom is 0.272 e. The maximum absolute atomic E-state index is 12.9. The van der Waals surface area contributed by atoms with Crippen molar-refractivity contribution < 1.29 is 4.74 Å². The molecule has 0 atom stereocenters. The highest BCUT2D eigenvalue weighted by Gasteiger charge is 2.23. The summed E-state index contributed by atoms with van der Waals surface area (Å²) in [5, 5.41) is 1.12. The maximum atomic E-state index is 12.9. The molecule has 0 saturated carbocycles. The number of methoxy groups -OCH3 is 1. The molecule has 0 fully saturated rings. The minimum Gasteiger partial charge on any atom is -0.497 e. The summed E-state index contributed by atoms with van der Waals surface area (Å²) in [6.07, 6.45) is 0.875. The Kier molecular flexibility index (Phi) is 4.49. The normalized spacial score (nSPS) is 13.5. The van der Waals surface area contributed by atoms with Gasteiger partial charge in [-0.15, -0.1) is 11.8 Å². The third kappa shape index (κ3) is 2.90. The van der Waals surface area contributed by atoms with Crippen LogP contribution in [0.5, 0.6) is 5.75 Å². The van der Waals surface area contributed by atoms with Gasteiger partial charge in [-0.25, -0.2) is 4.98 Å². The summed E-state index contributed by atoms with van der Waals surface area (Å²) in [5.74, 6) is 1.67. The highest BCUT2D eigenvalue weighted by molar-refractivity contribution is 8.00. The lowest BCUT2D eigenvalue weighted by molar-refractivity contribution is 0.414. The largest absolute Gasteiger partial charge is 0.497 e. The Morgan fingerprint density at radius 1 is 1.41 bits per heavy atom. The molecule has 1 aliphatic rings. The molecular weight excluding hydrogens is 316 g/mol. The molecule has 1 aromatic carbocycles. The number of hydrogen-bond acceptors (Lipinski definition) is 5. The van der Waals surface area contributed by atoms with Gasteiger partial charge < -0.3 is 4.74 Å². The molecule has 0 N–H and O–H groups in total. The van der Waals surface area contributed by atoms with E-state index in [1.54, 1.807) is 35.2 Å². The van der Waals surface area contributed by atoms with Gasteiger partial charge in [0.1, 0.15) is 5.75 Å². The number of ether oxygens (including phenoxy) is 1. The third-order valence-electron chi connectivity index (χ3n) is 3.32. The summed E-state index contributed by atoms with van der Waals surface area (Å²) in [7, 11) is 1.63. The third-order valence-corrected chi connectivity index (χ3v) is 5.38. The number of aryl methyl sites for hydroxylation is 1. The number of hydrogen-bond donors (Lipinski definition) is 0. The van der Waals surface area contributed by atoms with E-state index in [0.717, 1.165) is 39.4 Å². The average Bonchev–Trinajstić information content (AvgIpc) is 2.95. The highest BCUT2D eigenvalue weighted by atomic mass is 32.2. The van der Waals surface area contributed by atoms with Gasteiger partial charge >= 0.3 is 0 Å². The van der Waals surface area contributed by atoms with E-state index in [-0.39, 0.29) is 5.56 Å². The predicted octanol–water partition coefficient (Wildman–Crippen LogP) is 3.39. The lowest BCUT2D eigenvalue weighted by Crippen LogP contribution is -2.24. The van der Waals surface area contributed by atoms with E-state index in [1.165, 1.54) is 0 Å². The summed E-state index contributed by atoms with van der Waals surface area (Å²) < 4.78 is 6.99. The lowest BCUT2D eigenvalue weighted by Gasteiger charge is -2.15. The number of rotatable bonds is 4. The van der Waals surface area contributed by atoms with Gasteiger partial charge in [0.25, 0.3) is 5.56 Å². The van der Waals surface area contributed by atoms with Crippen LogP contribution in [-0.4, -0.2) is 27.7 Å². The first-order valence-electron chi connectivity index (χ1n) is 7.20. The minimum absolute atomic E-state index is 0.0314. The van der Waals surface area contributed by atoms with Crippen molar-refractivity contribution in [3.63, 3.8) is 0 Å². The number of thioether (sulfide) groups is 2. The van der Waals surface area contributed by atoms with Gasteiger partial charge in [0.2, 0.25) is 0 Å². The van der Waals surface area contributed by atoms with E-state index in [9.17, 15) is 4.79 Å². The molecule has 0 amide bonds. The lowest BCUT2D eigenvalue weighted by atomic mass is 10.3. The van der Waals surface area contributed by atoms with Gasteiger partial charge in [-0.05, 0) is 12.1 Å². The zero-order valence-electron chi connectivity index (χ0n) is 12.8. The molecule has 0 radical (unpaired) electrons. The smallest absolute Gasteiger partial charge is 0.272 e. The van der Waals surface area contributed by atoms with Crippen molar-refractivity contribution in [3.8, 4) is 11.4 Å². The molecular formula is C16H18N2O2S2. The molecule has 0 spiro atoms. The fourth-order valence-electron chi connectivity index (χ4n) is 2.36. The van der Waals surface area contributed by atoms with Crippen LogP contribution in [-0.2, 0) is 6.42 Å². The summed E-state index contributed by atoms with van der Waals surface area (Å²) in [6.45, 7) is 4.21. The van der Waals surface area contributed by atoms with Crippen LogP contribution >= 0.6 is 23.5 Å². The van der Waals surface area contributed by atoms with Crippen LogP contribution in [0.25, 0.3) is 5.69 Å². The minimum atomic E-state index is 0.0314. The molecule has 3 rings (SSSR count). The van der Waals surface area contributed by atoms with Crippen molar-refractivity contribution in [3.05, 3.63) is 40.3 Å². The van der Waals surface area contributed by atoms with Gasteiger partial charge in [0, 0.05) is 23.5 Å². The van der Waals surface area contributed by atoms with Crippen LogP contribution in [0.4, 0.5) is 0 Å². The predicted molar refractivity (Wildman–Crippen MR) is 91.8 cm³/mol. The average molecular weight is 334 g/mol. The molecule has 22 heavy (non-hydrogen) atoms. The van der Waals surface area contributed by atoms with Crippen molar-refractivity contribution in [1.82, 2.24) is 9.55 Å². The molecule has 0 unspecified atom stereocenters. The zero-order valence-corrected chi connectivity index (χ0v) is 14.5. The number of benzene rings is 1. The molecule has 4 nitrogen and oxygen atoms in total. The first-order valence-corrected chi connectivity index (χ1v) is 9.06. The molecule has 0 saturated heterocycles. The van der Waals surface area contributed by atoms with Crippen molar-refractivity contribution in [1.29, 1.82) is 0 Å². The number of nitrogens with zero attached hydrogens (tertiary/aromatic N) is 2. The van der Waals surface area contributed by atoms with E-state index < -0.39 is 0 Å². The van der Waals surface area contributed by atoms with Crippen molar-refractivity contribution in [2.45, 2.75) is 35.6 Å². The van der Waals surface area contributed by atoms with Gasteiger partial charge in [0.15, 0.2) is 5.16 Å². The van der Waals surface area contributed by atoms with Gasteiger partial charge in [0.05, 0.1) is 23.4 Å². The standard InChI is InChI=1S/C16H18N2O2S2/c1-10(2)22-16-17-13-7-8-21-14(13)15(19)18(16)11-5-4-6-12(9-11)20-3/h4-6,9-10H,7-8H2,1-3H3. The van der Waals surface area contributed by atoms with Crippen molar-refractivity contribution in [2.24, 2.45) is 0 Å². The fraction of sp³-hybridized carbons (Fsp3) is 0.375. The summed E-state index contributed by atoms with van der Waals surface area (Å²) in [5.41, 5.74) is 1.77. The second-order valence-corrected chi connectivity index (χ2v) is 7.93. The Labute approximate surface area is 138 Å². The van der Waals surface area contributed by atoms with Crippen molar-refractivity contribution in [2.75, 3.05) is 12.9 Å². The zero-order chi connectivity index (χ0) is 15.7. The summed E-state index contributed by atoms with van der Waals surface area (Å²) >= 11 is 3.22. The molecule has 116 valence electrons. The Balaban J connectivity index is 2.21. The Morgan fingerprint density at radius 3 is 2.95 bits per heavy atom. The topological polar surface area (TPSA) is 44.1 Å². The Morgan fingerprint density at radius 2 is 2.23 bits per heavy atom. The second kappa shape index (κ2) is 6.38. The molecule has 6 heteroatoms. The van der Waals surface area contributed by atoms with E-state index in [4.69, 9.17) is 9.72 Å². The van der Waals surface area contributed by atoms with Crippen molar-refractivity contribution >= 4 is 23.5 Å². The van der Waals surface area contributed by atoms with Crippen LogP contribution in [0, 0.1) is 0 Å².